The van der Waals surface area contributed by atoms with Gasteiger partial charge in [0.25, 0.3) is 0 Å². The summed E-state index contributed by atoms with van der Waals surface area (Å²) in [5, 5.41) is 19.9. The summed E-state index contributed by atoms with van der Waals surface area (Å²) >= 11 is 0. The first-order valence-corrected chi connectivity index (χ1v) is 8.22. The van der Waals surface area contributed by atoms with Gasteiger partial charge in [-0.2, -0.15) is 0 Å². The number of anilines is 1. The van der Waals surface area contributed by atoms with Gasteiger partial charge < -0.3 is 10.0 Å². The Kier molecular flexibility index (Phi) is 3.49. The van der Waals surface area contributed by atoms with Crippen molar-refractivity contribution in [3.05, 3.63) is 47.9 Å². The molecular formula is C18H21N5O. The number of rotatable bonds is 3. The first-order chi connectivity index (χ1) is 11.6. The number of nitrogens with zero attached hydrogens (tertiary/aromatic N) is 5. The van der Waals surface area contributed by atoms with Crippen LogP contribution in [0.25, 0.3) is 10.9 Å². The van der Waals surface area contributed by atoms with Gasteiger partial charge in [-0.15, -0.1) is 5.10 Å². The Morgan fingerprint density at radius 3 is 2.92 bits per heavy atom. The maximum Gasteiger partial charge on any atom is 0.103 e. The van der Waals surface area contributed by atoms with Crippen molar-refractivity contribution in [3.8, 4) is 0 Å². The molecule has 0 spiro atoms. The van der Waals surface area contributed by atoms with Crippen LogP contribution in [0.15, 0.2) is 36.8 Å². The number of pyridine rings is 1. The van der Waals surface area contributed by atoms with E-state index in [4.69, 9.17) is 0 Å². The van der Waals surface area contributed by atoms with Crippen LogP contribution in [0.2, 0.25) is 0 Å². The number of aliphatic hydroxyl groups is 1. The minimum atomic E-state index is -0.792. The molecule has 2 aromatic heterocycles. The molecule has 0 radical (unpaired) electrons. The third-order valence-corrected chi connectivity index (χ3v) is 4.83. The van der Waals surface area contributed by atoms with Crippen LogP contribution in [0.5, 0.6) is 0 Å². The molecule has 6 nitrogen and oxygen atoms in total. The Hall–Kier alpha value is -2.47. The van der Waals surface area contributed by atoms with Crippen molar-refractivity contribution in [2.45, 2.75) is 32.4 Å². The molecule has 6 heteroatoms. The van der Waals surface area contributed by atoms with Gasteiger partial charge in [0.2, 0.25) is 0 Å². The molecule has 1 saturated heterocycles. The van der Waals surface area contributed by atoms with Crippen molar-refractivity contribution in [3.63, 3.8) is 0 Å². The van der Waals surface area contributed by atoms with Gasteiger partial charge >= 0.3 is 0 Å². The second kappa shape index (κ2) is 5.56. The number of hydrogen-bond donors (Lipinski definition) is 1. The summed E-state index contributed by atoms with van der Waals surface area (Å²) in [4.78, 5) is 6.87. The topological polar surface area (TPSA) is 67.1 Å². The molecule has 0 saturated carbocycles. The Bertz CT molecular complexity index is 877. The molecule has 0 aliphatic carbocycles. The molecule has 4 rings (SSSR count). The predicted molar refractivity (Wildman–Crippen MR) is 93.0 cm³/mol. The van der Waals surface area contributed by atoms with Crippen LogP contribution in [0.4, 0.5) is 5.69 Å². The highest BCUT2D eigenvalue weighted by Crippen LogP contribution is 2.35. The van der Waals surface area contributed by atoms with Gasteiger partial charge in [0.15, 0.2) is 0 Å². The van der Waals surface area contributed by atoms with Crippen molar-refractivity contribution >= 4 is 16.6 Å². The fraction of sp³-hybridized carbons (Fsp3) is 0.389. The van der Waals surface area contributed by atoms with Crippen molar-refractivity contribution in [2.24, 2.45) is 0 Å². The number of benzene rings is 1. The van der Waals surface area contributed by atoms with Gasteiger partial charge in [-0.05, 0) is 31.4 Å². The van der Waals surface area contributed by atoms with E-state index < -0.39 is 5.60 Å². The fourth-order valence-corrected chi connectivity index (χ4v) is 3.67. The quantitative estimate of drug-likeness (QED) is 0.799. The summed E-state index contributed by atoms with van der Waals surface area (Å²) in [6.07, 6.45) is 6.07. The number of aromatic nitrogens is 4. The molecule has 1 fully saturated rings. The zero-order valence-electron chi connectivity index (χ0n) is 14.0. The summed E-state index contributed by atoms with van der Waals surface area (Å²) in [5.74, 6) is 0. The van der Waals surface area contributed by atoms with Crippen LogP contribution in [0.1, 0.15) is 17.5 Å². The normalized spacial score (nSPS) is 20.9. The zero-order valence-corrected chi connectivity index (χ0v) is 14.0. The van der Waals surface area contributed by atoms with Crippen LogP contribution >= 0.6 is 0 Å². The zero-order chi connectivity index (χ0) is 16.7. The van der Waals surface area contributed by atoms with Crippen molar-refractivity contribution in [2.75, 3.05) is 18.0 Å². The van der Waals surface area contributed by atoms with Gasteiger partial charge in [-0.1, -0.05) is 23.4 Å². The van der Waals surface area contributed by atoms with E-state index in [0.29, 0.717) is 19.5 Å². The standard InChI is InChI=1S/C18H21N5O/c1-13-4-3-5-15-16(13)19-10-14(2)17(15)22-8-6-18(24,11-22)12-23-9-7-20-21-23/h3-5,7,9-10,24H,6,8,11-12H2,1-2H3. The number of para-hydroxylation sites is 1. The molecule has 1 aliphatic heterocycles. The third kappa shape index (κ3) is 2.53. The minimum absolute atomic E-state index is 0.463. The van der Waals surface area contributed by atoms with Crippen molar-refractivity contribution < 1.29 is 5.11 Å². The summed E-state index contributed by atoms with van der Waals surface area (Å²) in [6, 6.07) is 6.27. The van der Waals surface area contributed by atoms with Gasteiger partial charge in [0.05, 0.1) is 23.9 Å². The molecule has 1 atom stereocenters. The Morgan fingerprint density at radius 2 is 2.12 bits per heavy atom. The molecule has 1 N–H and O–H groups in total. The van der Waals surface area contributed by atoms with E-state index in [1.165, 1.54) is 11.3 Å². The average Bonchev–Trinajstić information content (AvgIpc) is 3.17. The minimum Gasteiger partial charge on any atom is -0.386 e. The Balaban J connectivity index is 1.69. The first kappa shape index (κ1) is 15.1. The van der Waals surface area contributed by atoms with Crippen molar-refractivity contribution in [1.29, 1.82) is 0 Å². The summed E-state index contributed by atoms with van der Waals surface area (Å²) in [5.41, 5.74) is 3.73. The molecule has 0 bridgehead atoms. The first-order valence-electron chi connectivity index (χ1n) is 8.22. The van der Waals surface area contributed by atoms with Gasteiger partial charge in [0.1, 0.15) is 5.60 Å². The molecule has 3 heterocycles. The predicted octanol–water partition coefficient (Wildman–Crippen LogP) is 2.08. The molecule has 124 valence electrons. The van der Waals surface area contributed by atoms with Crippen LogP contribution < -0.4 is 4.90 Å². The molecule has 3 aromatic rings. The number of aryl methyl sites for hydroxylation is 2. The van der Waals surface area contributed by atoms with E-state index in [0.717, 1.165) is 23.0 Å². The van der Waals surface area contributed by atoms with Crippen molar-refractivity contribution in [1.82, 2.24) is 20.0 Å². The number of β-amino-alcohol motifs (C(OH)–C–C–N with tert-alkyl or cyclic N) is 1. The van der Waals surface area contributed by atoms with E-state index >= 15 is 0 Å². The van der Waals surface area contributed by atoms with Crippen LogP contribution in [0, 0.1) is 13.8 Å². The maximum absolute atomic E-state index is 11.0. The van der Waals surface area contributed by atoms with Crippen LogP contribution in [-0.4, -0.2) is 43.8 Å². The average molecular weight is 323 g/mol. The number of fused-ring (bicyclic) bond motifs is 1. The lowest BCUT2D eigenvalue weighted by atomic mass is 10.0. The molecular weight excluding hydrogens is 302 g/mol. The van der Waals surface area contributed by atoms with Crippen LogP contribution in [-0.2, 0) is 6.54 Å². The van der Waals surface area contributed by atoms with Gasteiger partial charge in [0, 0.05) is 30.9 Å². The highest BCUT2D eigenvalue weighted by atomic mass is 16.3. The Labute approximate surface area is 140 Å². The monoisotopic (exact) mass is 323 g/mol. The maximum atomic E-state index is 11.0. The lowest BCUT2D eigenvalue weighted by molar-refractivity contribution is 0.0409. The third-order valence-electron chi connectivity index (χ3n) is 4.83. The SMILES string of the molecule is Cc1cnc2c(C)cccc2c1N1CCC(O)(Cn2ccnn2)C1. The lowest BCUT2D eigenvalue weighted by Crippen LogP contribution is -2.38. The molecule has 1 unspecified atom stereocenters. The molecule has 1 aromatic carbocycles. The van der Waals surface area contributed by atoms with E-state index in [1.54, 1.807) is 17.1 Å². The highest BCUT2D eigenvalue weighted by Gasteiger charge is 2.37. The van der Waals surface area contributed by atoms with E-state index in [1.807, 2.05) is 6.20 Å². The van der Waals surface area contributed by atoms with E-state index in [2.05, 4.69) is 52.2 Å². The van der Waals surface area contributed by atoms with Crippen LogP contribution in [0.3, 0.4) is 0 Å². The van der Waals surface area contributed by atoms with E-state index in [-0.39, 0.29) is 0 Å². The Morgan fingerprint density at radius 1 is 1.25 bits per heavy atom. The number of hydrogen-bond acceptors (Lipinski definition) is 5. The fourth-order valence-electron chi connectivity index (χ4n) is 3.67. The van der Waals surface area contributed by atoms with E-state index in [9.17, 15) is 5.11 Å². The summed E-state index contributed by atoms with van der Waals surface area (Å²) < 4.78 is 1.70. The molecule has 24 heavy (non-hydrogen) atoms. The van der Waals surface area contributed by atoms with Gasteiger partial charge in [-0.3, -0.25) is 4.98 Å². The molecule has 1 aliphatic rings. The second-order valence-corrected chi connectivity index (χ2v) is 6.76. The molecule has 0 amide bonds. The summed E-state index contributed by atoms with van der Waals surface area (Å²) in [7, 11) is 0. The smallest absolute Gasteiger partial charge is 0.103 e. The van der Waals surface area contributed by atoms with Gasteiger partial charge in [-0.25, -0.2) is 4.68 Å². The second-order valence-electron chi connectivity index (χ2n) is 6.76. The largest absolute Gasteiger partial charge is 0.386 e. The highest BCUT2D eigenvalue weighted by molar-refractivity contribution is 5.95. The summed E-state index contributed by atoms with van der Waals surface area (Å²) in [6.45, 7) is 6.03. The lowest BCUT2D eigenvalue weighted by Gasteiger charge is -2.26.